The molecule has 0 aliphatic carbocycles. The molecule has 116 valence electrons. The number of nitrogens with one attached hydrogen (secondary N) is 1. The number of hydrogen-bond donors (Lipinski definition) is 2. The van der Waals surface area contributed by atoms with E-state index in [1.165, 1.54) is 0 Å². The van der Waals surface area contributed by atoms with Gasteiger partial charge in [-0.05, 0) is 18.3 Å². The molecule has 0 radical (unpaired) electrons. The van der Waals surface area contributed by atoms with Gasteiger partial charge < -0.3 is 20.1 Å². The largest absolute Gasteiger partial charge is 0.481 e. The molecule has 1 saturated heterocycles. The molecule has 2 amide bonds. The third-order valence-electron chi connectivity index (χ3n) is 3.54. The molecule has 1 aliphatic heterocycles. The van der Waals surface area contributed by atoms with E-state index in [9.17, 15) is 14.7 Å². The fourth-order valence-electron chi connectivity index (χ4n) is 2.39. The molecule has 1 fully saturated rings. The van der Waals surface area contributed by atoms with Gasteiger partial charge in [0.1, 0.15) is 0 Å². The maximum atomic E-state index is 12.0. The van der Waals surface area contributed by atoms with Crippen LogP contribution >= 0.6 is 0 Å². The van der Waals surface area contributed by atoms with E-state index in [0.29, 0.717) is 32.6 Å². The molecule has 6 nitrogen and oxygen atoms in total. The zero-order valence-electron chi connectivity index (χ0n) is 12.9. The lowest BCUT2D eigenvalue weighted by atomic mass is 9.80. The van der Waals surface area contributed by atoms with Gasteiger partial charge in [0, 0.05) is 33.4 Å². The normalized spacial score (nSPS) is 18.4. The third kappa shape index (κ3) is 4.67. The first-order valence-corrected chi connectivity index (χ1v) is 6.96. The first kappa shape index (κ1) is 16.8. The summed E-state index contributed by atoms with van der Waals surface area (Å²) in [5.74, 6) is -0.862. The molecule has 1 aliphatic rings. The van der Waals surface area contributed by atoms with Gasteiger partial charge in [-0.1, -0.05) is 20.8 Å². The minimum absolute atomic E-state index is 0.00918. The van der Waals surface area contributed by atoms with E-state index in [-0.39, 0.29) is 18.0 Å². The van der Waals surface area contributed by atoms with Crippen LogP contribution in [0.3, 0.4) is 0 Å². The molecule has 6 heteroatoms. The smallest absolute Gasteiger partial charge is 0.317 e. The van der Waals surface area contributed by atoms with Gasteiger partial charge in [-0.3, -0.25) is 4.79 Å². The number of carbonyl (C=O) groups excluding carboxylic acids is 1. The predicted octanol–water partition coefficient (Wildman–Crippen LogP) is 1.56. The Morgan fingerprint density at radius 1 is 1.30 bits per heavy atom. The third-order valence-corrected chi connectivity index (χ3v) is 3.54. The highest BCUT2D eigenvalue weighted by Gasteiger charge is 2.40. The summed E-state index contributed by atoms with van der Waals surface area (Å²) in [4.78, 5) is 25.1. The number of ether oxygens (including phenoxy) is 1. The van der Waals surface area contributed by atoms with Crippen LogP contribution in [0.5, 0.6) is 0 Å². The highest BCUT2D eigenvalue weighted by Crippen LogP contribution is 2.30. The van der Waals surface area contributed by atoms with Crippen molar-refractivity contribution < 1.29 is 19.4 Å². The van der Waals surface area contributed by atoms with Gasteiger partial charge in [0.2, 0.25) is 0 Å². The average Bonchev–Trinajstić information content (AvgIpc) is 2.34. The molecule has 20 heavy (non-hydrogen) atoms. The molecule has 0 spiro atoms. The summed E-state index contributed by atoms with van der Waals surface area (Å²) in [6, 6.07) is -0.230. The van der Waals surface area contributed by atoms with E-state index >= 15 is 0 Å². The van der Waals surface area contributed by atoms with E-state index in [1.54, 1.807) is 11.9 Å². The number of urea groups is 1. The summed E-state index contributed by atoms with van der Waals surface area (Å²) in [5.41, 5.74) is -0.883. The van der Waals surface area contributed by atoms with Crippen molar-refractivity contribution in [2.24, 2.45) is 10.8 Å². The number of rotatable bonds is 4. The maximum Gasteiger partial charge on any atom is 0.317 e. The number of amides is 2. The number of nitrogens with zero attached hydrogens (tertiary/aromatic N) is 1. The van der Waals surface area contributed by atoms with Crippen LogP contribution in [0.4, 0.5) is 4.79 Å². The van der Waals surface area contributed by atoms with Gasteiger partial charge in [-0.2, -0.15) is 0 Å². The maximum absolute atomic E-state index is 12.0. The van der Waals surface area contributed by atoms with Gasteiger partial charge >= 0.3 is 12.0 Å². The van der Waals surface area contributed by atoms with E-state index in [4.69, 9.17) is 4.74 Å². The first-order valence-electron chi connectivity index (χ1n) is 6.96. The van der Waals surface area contributed by atoms with Gasteiger partial charge in [0.15, 0.2) is 0 Å². The Balaban J connectivity index is 2.55. The number of carbonyl (C=O) groups is 2. The van der Waals surface area contributed by atoms with E-state index in [0.717, 1.165) is 0 Å². The SMILES string of the molecule is CN(CC(C)(C)C)C(=O)NCC1(C(=O)O)CCOCC1. The van der Waals surface area contributed by atoms with Crippen LogP contribution in [0.15, 0.2) is 0 Å². The van der Waals surface area contributed by atoms with Crippen LogP contribution in [-0.4, -0.2) is 55.4 Å². The highest BCUT2D eigenvalue weighted by atomic mass is 16.5. The van der Waals surface area contributed by atoms with Gasteiger partial charge in [0.05, 0.1) is 5.41 Å². The van der Waals surface area contributed by atoms with E-state index in [2.05, 4.69) is 5.32 Å². The van der Waals surface area contributed by atoms with Gasteiger partial charge in [0.25, 0.3) is 0 Å². The van der Waals surface area contributed by atoms with Crippen molar-refractivity contribution in [1.82, 2.24) is 10.2 Å². The minimum atomic E-state index is -0.892. The van der Waals surface area contributed by atoms with E-state index in [1.807, 2.05) is 20.8 Å². The van der Waals surface area contributed by atoms with Crippen LogP contribution in [0.1, 0.15) is 33.6 Å². The van der Waals surface area contributed by atoms with Crippen molar-refractivity contribution in [2.75, 3.05) is 33.4 Å². The van der Waals surface area contributed by atoms with Crippen LogP contribution in [0.25, 0.3) is 0 Å². The minimum Gasteiger partial charge on any atom is -0.481 e. The van der Waals surface area contributed by atoms with Gasteiger partial charge in [-0.15, -0.1) is 0 Å². The first-order chi connectivity index (χ1) is 9.16. The lowest BCUT2D eigenvalue weighted by molar-refractivity contribution is -0.154. The van der Waals surface area contributed by atoms with Crippen molar-refractivity contribution >= 4 is 12.0 Å². The Kier molecular flexibility index (Phi) is 5.39. The summed E-state index contributed by atoms with van der Waals surface area (Å²) < 4.78 is 5.21. The molecular formula is C14H26N2O4. The molecule has 0 aromatic carbocycles. The second kappa shape index (κ2) is 6.43. The average molecular weight is 286 g/mol. The van der Waals surface area contributed by atoms with Crippen molar-refractivity contribution in [2.45, 2.75) is 33.6 Å². The number of aliphatic carboxylic acids is 1. The molecule has 2 N–H and O–H groups in total. The molecule has 0 unspecified atom stereocenters. The van der Waals surface area contributed by atoms with Crippen LogP contribution in [0.2, 0.25) is 0 Å². The van der Waals surface area contributed by atoms with Crippen LogP contribution < -0.4 is 5.32 Å². The summed E-state index contributed by atoms with van der Waals surface area (Å²) >= 11 is 0. The number of hydrogen-bond acceptors (Lipinski definition) is 3. The Labute approximate surface area is 120 Å². The Morgan fingerprint density at radius 3 is 2.30 bits per heavy atom. The molecule has 0 aromatic heterocycles. The lowest BCUT2D eigenvalue weighted by Crippen LogP contribution is -2.50. The quantitative estimate of drug-likeness (QED) is 0.822. The van der Waals surface area contributed by atoms with Gasteiger partial charge in [-0.25, -0.2) is 4.79 Å². The topological polar surface area (TPSA) is 78.9 Å². The number of carboxylic acid groups (broad SMARTS) is 1. The van der Waals surface area contributed by atoms with Crippen molar-refractivity contribution in [1.29, 1.82) is 0 Å². The fourth-order valence-corrected chi connectivity index (χ4v) is 2.39. The van der Waals surface area contributed by atoms with Crippen LogP contribution in [0, 0.1) is 10.8 Å². The Hall–Kier alpha value is -1.30. The van der Waals surface area contributed by atoms with Crippen molar-refractivity contribution in [3.8, 4) is 0 Å². The number of carboxylic acids is 1. The summed E-state index contributed by atoms with van der Waals surface area (Å²) in [5, 5.41) is 12.2. The second-order valence-electron chi connectivity index (χ2n) is 6.77. The molecule has 0 atom stereocenters. The molecule has 1 heterocycles. The Bertz CT molecular complexity index is 357. The predicted molar refractivity (Wildman–Crippen MR) is 75.6 cm³/mol. The molecule has 0 saturated carbocycles. The molecule has 1 rings (SSSR count). The lowest BCUT2D eigenvalue weighted by Gasteiger charge is -2.34. The molecule has 0 aromatic rings. The second-order valence-corrected chi connectivity index (χ2v) is 6.77. The van der Waals surface area contributed by atoms with Crippen molar-refractivity contribution in [3.63, 3.8) is 0 Å². The zero-order chi connectivity index (χ0) is 15.4. The standard InChI is InChI=1S/C14H26N2O4/c1-13(2,3)10-16(4)12(19)15-9-14(11(17)18)5-7-20-8-6-14/h5-10H2,1-4H3,(H,15,19)(H,17,18). The summed E-state index contributed by atoms with van der Waals surface area (Å²) in [7, 11) is 1.72. The summed E-state index contributed by atoms with van der Waals surface area (Å²) in [6.07, 6.45) is 0.872. The fraction of sp³-hybridized carbons (Fsp3) is 0.857. The molecular weight excluding hydrogens is 260 g/mol. The zero-order valence-corrected chi connectivity index (χ0v) is 12.9. The van der Waals surface area contributed by atoms with Crippen molar-refractivity contribution in [3.05, 3.63) is 0 Å². The Morgan fingerprint density at radius 2 is 1.85 bits per heavy atom. The summed E-state index contributed by atoms with van der Waals surface area (Å²) in [6.45, 7) is 7.77. The van der Waals surface area contributed by atoms with Crippen LogP contribution in [-0.2, 0) is 9.53 Å². The monoisotopic (exact) mass is 286 g/mol. The van der Waals surface area contributed by atoms with E-state index < -0.39 is 11.4 Å². The molecule has 0 bridgehead atoms. The highest BCUT2D eigenvalue weighted by molar-refractivity contribution is 5.78.